The third-order valence-electron chi connectivity index (χ3n) is 2.37. The van der Waals surface area contributed by atoms with Crippen molar-refractivity contribution in [2.45, 2.75) is 33.2 Å². The summed E-state index contributed by atoms with van der Waals surface area (Å²) in [5.41, 5.74) is 0. The van der Waals surface area contributed by atoms with Gasteiger partial charge in [-0.25, -0.2) is 0 Å². The zero-order chi connectivity index (χ0) is 11.3. The summed E-state index contributed by atoms with van der Waals surface area (Å²) in [5.74, 6) is 0.664. The Labute approximate surface area is 90.8 Å². The Balaban J connectivity index is 2.12. The van der Waals surface area contributed by atoms with Crippen LogP contribution in [0.2, 0.25) is 0 Å². The van der Waals surface area contributed by atoms with Crippen LogP contribution >= 0.6 is 0 Å². The monoisotopic (exact) mass is 212 g/mol. The van der Waals surface area contributed by atoms with Gasteiger partial charge in [0.1, 0.15) is 0 Å². The van der Waals surface area contributed by atoms with Crippen LogP contribution in [-0.4, -0.2) is 41.2 Å². The first kappa shape index (κ1) is 12.0. The van der Waals surface area contributed by atoms with E-state index < -0.39 is 0 Å². The normalized spacial score (nSPS) is 11.3. The van der Waals surface area contributed by atoms with Gasteiger partial charge in [0.15, 0.2) is 5.82 Å². The molecular weight excluding hydrogens is 192 g/mol. The third kappa shape index (κ3) is 4.29. The lowest BCUT2D eigenvalue weighted by atomic mass is 10.3. The van der Waals surface area contributed by atoms with Crippen LogP contribution in [0.25, 0.3) is 0 Å². The number of nitrogens with one attached hydrogen (secondary N) is 1. The molecule has 0 amide bonds. The van der Waals surface area contributed by atoms with Crippen molar-refractivity contribution in [2.24, 2.45) is 0 Å². The highest BCUT2D eigenvalue weighted by molar-refractivity contribution is 5.17. The van der Waals surface area contributed by atoms with Gasteiger partial charge in [0.05, 0.1) is 0 Å². The molecular formula is C10H20N4O. The van der Waals surface area contributed by atoms with Crippen LogP contribution in [0, 0.1) is 6.92 Å². The molecule has 0 aliphatic carbocycles. The van der Waals surface area contributed by atoms with Crippen molar-refractivity contribution in [3.05, 3.63) is 5.82 Å². The molecule has 1 aromatic rings. The maximum Gasteiger partial charge on any atom is 0.321 e. The molecule has 0 bridgehead atoms. The van der Waals surface area contributed by atoms with E-state index in [1.165, 1.54) is 0 Å². The number of aryl methyl sites for hydroxylation is 1. The quantitative estimate of drug-likeness (QED) is 0.724. The molecule has 0 radical (unpaired) electrons. The van der Waals surface area contributed by atoms with Gasteiger partial charge in [-0.1, -0.05) is 5.16 Å². The second-order valence-corrected chi connectivity index (χ2v) is 4.00. The van der Waals surface area contributed by atoms with Crippen LogP contribution in [0.15, 0.2) is 4.52 Å². The average Bonchev–Trinajstić information content (AvgIpc) is 2.58. The molecule has 1 N–H and O–H groups in total. The first-order valence-corrected chi connectivity index (χ1v) is 5.34. The first-order chi connectivity index (χ1) is 7.09. The molecule has 15 heavy (non-hydrogen) atoms. The summed E-state index contributed by atoms with van der Waals surface area (Å²) in [6.45, 7) is 8.11. The van der Waals surface area contributed by atoms with Gasteiger partial charge in [-0.2, -0.15) is 4.98 Å². The molecule has 0 unspecified atom stereocenters. The van der Waals surface area contributed by atoms with E-state index in [1.807, 2.05) is 0 Å². The van der Waals surface area contributed by atoms with E-state index in [9.17, 15) is 0 Å². The van der Waals surface area contributed by atoms with Crippen molar-refractivity contribution < 1.29 is 4.52 Å². The highest BCUT2D eigenvalue weighted by atomic mass is 16.5. The fraction of sp³-hybridized carbons (Fsp3) is 0.800. The van der Waals surface area contributed by atoms with Crippen molar-refractivity contribution in [3.63, 3.8) is 0 Å². The van der Waals surface area contributed by atoms with Gasteiger partial charge in [-0.05, 0) is 40.8 Å². The fourth-order valence-electron chi connectivity index (χ4n) is 1.15. The number of nitrogens with zero attached hydrogens (tertiary/aromatic N) is 3. The number of rotatable bonds is 6. The molecule has 0 saturated carbocycles. The summed E-state index contributed by atoms with van der Waals surface area (Å²) >= 11 is 0. The summed E-state index contributed by atoms with van der Waals surface area (Å²) in [7, 11) is 2.13. The Morgan fingerprint density at radius 2 is 2.20 bits per heavy atom. The average molecular weight is 212 g/mol. The first-order valence-electron chi connectivity index (χ1n) is 5.34. The van der Waals surface area contributed by atoms with Gasteiger partial charge >= 0.3 is 6.01 Å². The molecule has 0 aliphatic rings. The number of anilines is 1. The van der Waals surface area contributed by atoms with Gasteiger partial charge in [0, 0.05) is 12.6 Å². The van der Waals surface area contributed by atoms with Crippen molar-refractivity contribution in [2.75, 3.05) is 25.5 Å². The Morgan fingerprint density at radius 1 is 1.47 bits per heavy atom. The van der Waals surface area contributed by atoms with Crippen LogP contribution in [0.5, 0.6) is 0 Å². The van der Waals surface area contributed by atoms with E-state index in [-0.39, 0.29) is 0 Å². The molecule has 0 aliphatic heterocycles. The minimum Gasteiger partial charge on any atom is -0.338 e. The molecule has 0 saturated heterocycles. The van der Waals surface area contributed by atoms with Gasteiger partial charge in [-0.3, -0.25) is 0 Å². The molecule has 0 aromatic carbocycles. The molecule has 5 heteroatoms. The lowest BCUT2D eigenvalue weighted by molar-refractivity contribution is 0.273. The van der Waals surface area contributed by atoms with Gasteiger partial charge < -0.3 is 14.7 Å². The zero-order valence-electron chi connectivity index (χ0n) is 9.95. The molecule has 5 nitrogen and oxygen atoms in total. The van der Waals surface area contributed by atoms with Crippen LogP contribution < -0.4 is 5.32 Å². The Bertz CT molecular complexity index is 285. The van der Waals surface area contributed by atoms with E-state index in [4.69, 9.17) is 4.52 Å². The summed E-state index contributed by atoms with van der Waals surface area (Å²) in [4.78, 5) is 6.37. The maximum absolute atomic E-state index is 4.93. The molecule has 1 rings (SSSR count). The number of hydrogen-bond donors (Lipinski definition) is 1. The molecule has 0 spiro atoms. The topological polar surface area (TPSA) is 54.2 Å². The van der Waals surface area contributed by atoms with Crippen molar-refractivity contribution >= 4 is 6.01 Å². The predicted molar refractivity (Wildman–Crippen MR) is 59.9 cm³/mol. The van der Waals surface area contributed by atoms with Crippen molar-refractivity contribution in [1.29, 1.82) is 0 Å². The standard InChI is InChI=1S/C10H20N4O/c1-8(2)14(4)7-5-6-11-10-12-9(3)13-15-10/h8H,5-7H2,1-4H3,(H,11,12,13). The number of aromatic nitrogens is 2. The molecule has 0 fully saturated rings. The Morgan fingerprint density at radius 3 is 2.73 bits per heavy atom. The Hall–Kier alpha value is -1.10. The highest BCUT2D eigenvalue weighted by Gasteiger charge is 2.03. The molecule has 1 heterocycles. The van der Waals surface area contributed by atoms with Crippen molar-refractivity contribution in [1.82, 2.24) is 15.0 Å². The smallest absolute Gasteiger partial charge is 0.321 e. The second kappa shape index (κ2) is 5.70. The SMILES string of the molecule is Cc1noc(NCCCN(C)C(C)C)n1. The van der Waals surface area contributed by atoms with E-state index in [2.05, 4.69) is 41.3 Å². The third-order valence-corrected chi connectivity index (χ3v) is 2.37. The van der Waals surface area contributed by atoms with Gasteiger partial charge in [-0.15, -0.1) is 0 Å². The minimum absolute atomic E-state index is 0.514. The van der Waals surface area contributed by atoms with E-state index in [0.29, 0.717) is 17.9 Å². The van der Waals surface area contributed by atoms with Crippen LogP contribution in [-0.2, 0) is 0 Å². The van der Waals surface area contributed by atoms with E-state index in [1.54, 1.807) is 6.92 Å². The molecule has 1 aromatic heterocycles. The minimum atomic E-state index is 0.514. The summed E-state index contributed by atoms with van der Waals surface area (Å²) in [6.07, 6.45) is 1.07. The van der Waals surface area contributed by atoms with Crippen LogP contribution in [0.3, 0.4) is 0 Å². The summed E-state index contributed by atoms with van der Waals surface area (Å²) in [6, 6.07) is 1.11. The zero-order valence-corrected chi connectivity index (χ0v) is 9.95. The molecule has 0 atom stereocenters. The van der Waals surface area contributed by atoms with Gasteiger partial charge in [0.2, 0.25) is 0 Å². The van der Waals surface area contributed by atoms with Crippen LogP contribution in [0.1, 0.15) is 26.1 Å². The lowest BCUT2D eigenvalue weighted by Gasteiger charge is -2.20. The van der Waals surface area contributed by atoms with Gasteiger partial charge in [0.25, 0.3) is 0 Å². The second-order valence-electron chi connectivity index (χ2n) is 4.00. The Kier molecular flexibility index (Phi) is 4.55. The summed E-state index contributed by atoms with van der Waals surface area (Å²) in [5, 5.41) is 6.79. The lowest BCUT2D eigenvalue weighted by Crippen LogP contribution is -2.28. The largest absolute Gasteiger partial charge is 0.338 e. The predicted octanol–water partition coefficient (Wildman–Crippen LogP) is 1.52. The van der Waals surface area contributed by atoms with E-state index in [0.717, 1.165) is 19.5 Å². The maximum atomic E-state index is 4.93. The summed E-state index contributed by atoms with van der Waals surface area (Å²) < 4.78 is 4.93. The highest BCUT2D eigenvalue weighted by Crippen LogP contribution is 2.02. The van der Waals surface area contributed by atoms with Crippen LogP contribution in [0.4, 0.5) is 6.01 Å². The number of hydrogen-bond acceptors (Lipinski definition) is 5. The molecule has 86 valence electrons. The fourth-order valence-corrected chi connectivity index (χ4v) is 1.15. The van der Waals surface area contributed by atoms with E-state index >= 15 is 0 Å². The van der Waals surface area contributed by atoms with Crippen molar-refractivity contribution in [3.8, 4) is 0 Å².